The summed E-state index contributed by atoms with van der Waals surface area (Å²) in [4.78, 5) is 4.79. The number of pyridine rings is 1. The Morgan fingerprint density at radius 3 is 2.27 bits per heavy atom. The molecule has 0 aliphatic heterocycles. The van der Waals surface area contributed by atoms with E-state index in [9.17, 15) is 0 Å². The van der Waals surface area contributed by atoms with Gasteiger partial charge in [0.2, 0.25) is 0 Å². The van der Waals surface area contributed by atoms with Crippen molar-refractivity contribution in [3.8, 4) is 34.3 Å². The standard InChI is InChI=1S/C44H34N4OS.Pt/c1-27-23-29(44(3,4)5)24-28(2)41(27)36-20-22-47(46-36)30-11-10-12-31(25-30)49-32-16-17-33-34-18-19-39-42(35-13-6-7-14-38(35)50-39)43(34)48(37(33)26-32)40-15-8-9-21-45-40;/h6-24H,1-5H3;/q-2;+2. The van der Waals surface area contributed by atoms with Crippen LogP contribution in [-0.4, -0.2) is 19.3 Å². The Bertz CT molecular complexity index is 2730. The molecule has 0 spiro atoms. The van der Waals surface area contributed by atoms with Gasteiger partial charge in [-0.3, -0.25) is 4.68 Å². The molecule has 5 aromatic carbocycles. The topological polar surface area (TPSA) is 44.9 Å². The summed E-state index contributed by atoms with van der Waals surface area (Å²) in [6, 6.07) is 42.8. The van der Waals surface area contributed by atoms with Gasteiger partial charge in [0.25, 0.3) is 0 Å². The zero-order valence-electron chi connectivity index (χ0n) is 28.9. The molecule has 9 aromatic rings. The smallest absolute Gasteiger partial charge is 0.509 e. The monoisotopic (exact) mass is 861 g/mol. The van der Waals surface area contributed by atoms with Crippen molar-refractivity contribution in [3.63, 3.8) is 0 Å². The van der Waals surface area contributed by atoms with Crippen LogP contribution in [0.1, 0.15) is 37.5 Å². The van der Waals surface area contributed by atoms with Crippen molar-refractivity contribution < 1.29 is 25.8 Å². The number of aryl methyl sites for hydroxylation is 2. The predicted molar refractivity (Wildman–Crippen MR) is 206 cm³/mol. The van der Waals surface area contributed by atoms with Crippen LogP contribution >= 0.6 is 11.3 Å². The van der Waals surface area contributed by atoms with Gasteiger partial charge in [0.05, 0.1) is 11.2 Å². The molecular weight excluding hydrogens is 828 g/mol. The van der Waals surface area contributed by atoms with Gasteiger partial charge in [-0.05, 0) is 77.4 Å². The number of rotatable bonds is 5. The largest absolute Gasteiger partial charge is 2.00 e. The normalized spacial score (nSPS) is 11.9. The second-order valence-corrected chi connectivity index (χ2v) is 15.0. The van der Waals surface area contributed by atoms with E-state index in [1.54, 1.807) is 0 Å². The van der Waals surface area contributed by atoms with Crippen LogP contribution in [0.4, 0.5) is 0 Å². The SMILES string of the molecule is Cc1cc(C(C)(C)C)cc(C)c1-c1ccn(-c2[c-]c(Oc3[c-]c4c(cc3)c3ccc5sc6ccccc6c5c3n4-c3ccccn3)ccc2)n1.[Pt+2]. The van der Waals surface area contributed by atoms with E-state index in [1.807, 2.05) is 70.9 Å². The Kier molecular flexibility index (Phi) is 8.20. The summed E-state index contributed by atoms with van der Waals surface area (Å²) in [6.45, 7) is 11.1. The number of hydrogen-bond acceptors (Lipinski definition) is 4. The van der Waals surface area contributed by atoms with Crippen LogP contribution in [-0.2, 0) is 26.5 Å². The first kappa shape index (κ1) is 33.1. The molecule has 0 aliphatic carbocycles. The van der Waals surface area contributed by atoms with Crippen LogP contribution in [0.15, 0.2) is 116 Å². The molecule has 4 heterocycles. The molecule has 0 fully saturated rings. The number of aromatic nitrogens is 4. The number of fused-ring (bicyclic) bond motifs is 7. The summed E-state index contributed by atoms with van der Waals surface area (Å²) < 4.78 is 13.1. The molecule has 0 unspecified atom stereocenters. The average Bonchev–Trinajstić information content (AvgIpc) is 3.82. The Labute approximate surface area is 315 Å². The summed E-state index contributed by atoms with van der Waals surface area (Å²) >= 11 is 1.82. The number of benzene rings is 5. The predicted octanol–water partition coefficient (Wildman–Crippen LogP) is 11.7. The first-order valence-corrected chi connectivity index (χ1v) is 17.6. The molecule has 0 bridgehead atoms. The van der Waals surface area contributed by atoms with E-state index in [-0.39, 0.29) is 26.5 Å². The van der Waals surface area contributed by atoms with Crippen molar-refractivity contribution in [1.29, 1.82) is 0 Å². The van der Waals surface area contributed by atoms with E-state index in [1.165, 1.54) is 42.4 Å². The third kappa shape index (κ3) is 5.67. The van der Waals surface area contributed by atoms with E-state index >= 15 is 0 Å². The number of hydrogen-bond donors (Lipinski definition) is 0. The first-order valence-electron chi connectivity index (χ1n) is 16.8. The van der Waals surface area contributed by atoms with Crippen LogP contribution in [0.2, 0.25) is 0 Å². The average molecular weight is 862 g/mol. The number of ether oxygens (including phenoxy) is 1. The fourth-order valence-electron chi connectivity index (χ4n) is 7.13. The molecule has 0 atom stereocenters. The van der Waals surface area contributed by atoms with Crippen molar-refractivity contribution in [3.05, 3.63) is 144 Å². The molecule has 5 nitrogen and oxygen atoms in total. The van der Waals surface area contributed by atoms with Gasteiger partial charge in [-0.15, -0.1) is 47.1 Å². The second kappa shape index (κ2) is 12.6. The molecule has 0 saturated carbocycles. The molecule has 51 heavy (non-hydrogen) atoms. The van der Waals surface area contributed by atoms with E-state index in [4.69, 9.17) is 14.8 Å². The quantitative estimate of drug-likeness (QED) is 0.162. The molecule has 252 valence electrons. The fourth-order valence-corrected chi connectivity index (χ4v) is 8.24. The zero-order valence-corrected chi connectivity index (χ0v) is 32.0. The number of thiophene rings is 1. The van der Waals surface area contributed by atoms with Gasteiger partial charge >= 0.3 is 21.1 Å². The molecule has 9 rings (SSSR count). The third-order valence-corrected chi connectivity index (χ3v) is 10.6. The summed E-state index contributed by atoms with van der Waals surface area (Å²) in [5.41, 5.74) is 8.82. The fraction of sp³-hybridized carbons (Fsp3) is 0.136. The Hall–Kier alpha value is -5.03. The zero-order chi connectivity index (χ0) is 34.1. The molecule has 0 radical (unpaired) electrons. The van der Waals surface area contributed by atoms with E-state index < -0.39 is 0 Å². The van der Waals surface area contributed by atoms with Crippen LogP contribution in [0.25, 0.3) is 64.7 Å². The summed E-state index contributed by atoms with van der Waals surface area (Å²) in [7, 11) is 0. The van der Waals surface area contributed by atoms with Gasteiger partial charge in [-0.2, -0.15) is 17.2 Å². The van der Waals surface area contributed by atoms with Crippen LogP contribution in [0.3, 0.4) is 0 Å². The second-order valence-electron chi connectivity index (χ2n) is 13.9. The Morgan fingerprint density at radius 2 is 1.49 bits per heavy atom. The molecule has 0 saturated heterocycles. The van der Waals surface area contributed by atoms with E-state index in [0.29, 0.717) is 11.5 Å². The van der Waals surface area contributed by atoms with Crippen LogP contribution in [0.5, 0.6) is 11.5 Å². The van der Waals surface area contributed by atoms with E-state index in [0.717, 1.165) is 39.0 Å². The molecule has 0 aliphatic rings. The Balaban J connectivity index is 0.00000374. The van der Waals surface area contributed by atoms with Gasteiger partial charge in [0.15, 0.2) is 0 Å². The van der Waals surface area contributed by atoms with Gasteiger partial charge in [0, 0.05) is 49.6 Å². The first-order chi connectivity index (χ1) is 24.2. The maximum Gasteiger partial charge on any atom is 2.00 e. The van der Waals surface area contributed by atoms with Crippen LogP contribution < -0.4 is 4.74 Å². The van der Waals surface area contributed by atoms with Crippen LogP contribution in [0, 0.1) is 26.0 Å². The van der Waals surface area contributed by atoms with Gasteiger partial charge < -0.3 is 9.30 Å². The summed E-state index contributed by atoms with van der Waals surface area (Å²) in [5, 5.41) is 9.71. The maximum atomic E-state index is 6.47. The van der Waals surface area contributed by atoms with Gasteiger partial charge in [-0.1, -0.05) is 68.8 Å². The van der Waals surface area contributed by atoms with Gasteiger partial charge in [-0.25, -0.2) is 4.98 Å². The molecule has 4 aromatic heterocycles. The summed E-state index contributed by atoms with van der Waals surface area (Å²) in [5.74, 6) is 2.03. The van der Waals surface area contributed by atoms with Crippen molar-refractivity contribution in [2.45, 2.75) is 40.0 Å². The van der Waals surface area contributed by atoms with E-state index in [2.05, 4.69) is 112 Å². The summed E-state index contributed by atoms with van der Waals surface area (Å²) in [6.07, 6.45) is 3.82. The maximum absolute atomic E-state index is 6.47. The van der Waals surface area contributed by atoms with Crippen molar-refractivity contribution in [2.75, 3.05) is 0 Å². The number of nitrogens with zero attached hydrogens (tertiary/aromatic N) is 4. The minimum atomic E-state index is 0. The third-order valence-electron chi connectivity index (χ3n) is 9.49. The molecule has 7 heteroatoms. The minimum absolute atomic E-state index is 0. The van der Waals surface area contributed by atoms with Crippen molar-refractivity contribution in [1.82, 2.24) is 19.3 Å². The minimum Gasteiger partial charge on any atom is -0.509 e. The molecule has 0 amide bonds. The molecule has 0 N–H and O–H groups in total. The van der Waals surface area contributed by atoms with Gasteiger partial charge in [0.1, 0.15) is 5.82 Å². The van der Waals surface area contributed by atoms with Crippen molar-refractivity contribution in [2.24, 2.45) is 0 Å². The Morgan fingerprint density at radius 1 is 0.725 bits per heavy atom. The molecular formula is C44H34N4OPtS. The van der Waals surface area contributed by atoms with Crippen molar-refractivity contribution >= 4 is 53.3 Å².